The number of hydrogen-bond acceptors (Lipinski definition) is 4. The van der Waals surface area contributed by atoms with Crippen molar-refractivity contribution in [2.24, 2.45) is 5.92 Å². The quantitative estimate of drug-likeness (QED) is 0.738. The van der Waals surface area contributed by atoms with E-state index < -0.39 is 0 Å². The summed E-state index contributed by atoms with van der Waals surface area (Å²) >= 11 is 5.75. The average molecular weight is 239 g/mol. The molecule has 2 fully saturated rings. The first-order chi connectivity index (χ1) is 7.74. The molecule has 2 saturated heterocycles. The lowest BCUT2D eigenvalue weighted by molar-refractivity contribution is 0.386. The molecule has 2 aliphatic rings. The van der Waals surface area contributed by atoms with Crippen molar-refractivity contribution in [1.29, 1.82) is 0 Å². The number of aromatic nitrogens is 2. The van der Waals surface area contributed by atoms with Crippen LogP contribution in [0.3, 0.4) is 0 Å². The van der Waals surface area contributed by atoms with Gasteiger partial charge in [-0.3, -0.25) is 0 Å². The van der Waals surface area contributed by atoms with Gasteiger partial charge in [-0.2, -0.15) is 0 Å². The van der Waals surface area contributed by atoms with Crippen molar-refractivity contribution in [3.63, 3.8) is 0 Å². The van der Waals surface area contributed by atoms with Crippen molar-refractivity contribution >= 4 is 17.4 Å². The summed E-state index contributed by atoms with van der Waals surface area (Å²) in [5, 5.41) is 8.55. The Balaban J connectivity index is 1.83. The topological polar surface area (TPSA) is 32.3 Å². The van der Waals surface area contributed by atoms with E-state index in [1.807, 2.05) is 12.1 Å². The van der Waals surface area contributed by atoms with E-state index in [9.17, 15) is 0 Å². The maximum absolute atomic E-state index is 5.75. The highest BCUT2D eigenvalue weighted by Gasteiger charge is 2.40. The van der Waals surface area contributed by atoms with Gasteiger partial charge >= 0.3 is 0 Å². The van der Waals surface area contributed by atoms with Gasteiger partial charge < -0.3 is 9.80 Å². The lowest BCUT2D eigenvalue weighted by Crippen LogP contribution is -2.35. The molecule has 0 saturated carbocycles. The third kappa shape index (κ3) is 1.66. The second-order valence-electron chi connectivity index (χ2n) is 4.74. The highest BCUT2D eigenvalue weighted by Crippen LogP contribution is 2.33. The van der Waals surface area contributed by atoms with Crippen LogP contribution in [0.2, 0.25) is 5.15 Å². The van der Waals surface area contributed by atoms with Crippen molar-refractivity contribution in [2.75, 3.05) is 31.6 Å². The number of halogens is 1. The number of anilines is 1. The van der Waals surface area contributed by atoms with E-state index in [4.69, 9.17) is 11.6 Å². The maximum Gasteiger partial charge on any atom is 0.151 e. The predicted molar refractivity (Wildman–Crippen MR) is 63.8 cm³/mol. The summed E-state index contributed by atoms with van der Waals surface area (Å²) in [5.74, 6) is 1.76. The zero-order chi connectivity index (χ0) is 11.1. The van der Waals surface area contributed by atoms with Gasteiger partial charge in [0.2, 0.25) is 0 Å². The van der Waals surface area contributed by atoms with Crippen LogP contribution in [0.25, 0.3) is 0 Å². The van der Waals surface area contributed by atoms with Gasteiger partial charge in [-0.15, -0.1) is 10.2 Å². The van der Waals surface area contributed by atoms with Gasteiger partial charge in [0, 0.05) is 25.7 Å². The smallest absolute Gasteiger partial charge is 0.151 e. The monoisotopic (exact) mass is 238 g/mol. The Hall–Kier alpha value is -0.870. The first kappa shape index (κ1) is 10.3. The van der Waals surface area contributed by atoms with E-state index in [1.165, 1.54) is 13.0 Å². The van der Waals surface area contributed by atoms with Crippen molar-refractivity contribution < 1.29 is 0 Å². The van der Waals surface area contributed by atoms with Crippen LogP contribution in [0.4, 0.5) is 5.82 Å². The molecule has 5 heteroatoms. The minimum Gasteiger partial charge on any atom is -0.351 e. The summed E-state index contributed by atoms with van der Waals surface area (Å²) in [7, 11) is 2.18. The molecule has 0 amide bonds. The van der Waals surface area contributed by atoms with Crippen LogP contribution in [0.15, 0.2) is 12.1 Å². The van der Waals surface area contributed by atoms with Gasteiger partial charge in [-0.25, -0.2) is 0 Å². The molecule has 3 rings (SSSR count). The molecule has 2 aliphatic heterocycles. The zero-order valence-corrected chi connectivity index (χ0v) is 10.1. The molecule has 0 N–H and O–H groups in total. The van der Waals surface area contributed by atoms with E-state index in [0.717, 1.165) is 24.8 Å². The highest BCUT2D eigenvalue weighted by molar-refractivity contribution is 6.29. The molecule has 4 nitrogen and oxygen atoms in total. The molecule has 86 valence electrons. The number of likely N-dealkylation sites (N-methyl/N-ethyl adjacent to an activating group) is 1. The van der Waals surface area contributed by atoms with Crippen molar-refractivity contribution in [1.82, 2.24) is 15.1 Å². The molecule has 0 bridgehead atoms. The van der Waals surface area contributed by atoms with Crippen molar-refractivity contribution in [3.8, 4) is 0 Å². The summed E-state index contributed by atoms with van der Waals surface area (Å²) in [6.07, 6.45) is 1.26. The molecule has 1 aromatic heterocycles. The summed E-state index contributed by atoms with van der Waals surface area (Å²) < 4.78 is 0. The van der Waals surface area contributed by atoms with Crippen molar-refractivity contribution in [3.05, 3.63) is 17.3 Å². The van der Waals surface area contributed by atoms with E-state index in [0.29, 0.717) is 11.2 Å². The van der Waals surface area contributed by atoms with E-state index in [-0.39, 0.29) is 0 Å². The molecular weight excluding hydrogens is 224 g/mol. The van der Waals surface area contributed by atoms with Gasteiger partial charge in [0.25, 0.3) is 0 Å². The molecular formula is C11H15ClN4. The highest BCUT2D eigenvalue weighted by atomic mass is 35.5. The van der Waals surface area contributed by atoms with Gasteiger partial charge in [-0.05, 0) is 31.5 Å². The lowest BCUT2D eigenvalue weighted by Gasteiger charge is -2.24. The van der Waals surface area contributed by atoms with Gasteiger partial charge in [0.1, 0.15) is 0 Å². The van der Waals surface area contributed by atoms with Crippen LogP contribution in [-0.2, 0) is 0 Å². The molecule has 0 aromatic carbocycles. The zero-order valence-electron chi connectivity index (χ0n) is 9.30. The summed E-state index contributed by atoms with van der Waals surface area (Å²) in [4.78, 5) is 4.77. The Morgan fingerprint density at radius 3 is 2.94 bits per heavy atom. The van der Waals surface area contributed by atoms with Crippen LogP contribution in [0.5, 0.6) is 0 Å². The number of rotatable bonds is 1. The molecule has 16 heavy (non-hydrogen) atoms. The number of likely N-dealkylation sites (tertiary alicyclic amines) is 1. The van der Waals surface area contributed by atoms with Crippen LogP contribution in [0.1, 0.15) is 6.42 Å². The molecule has 0 unspecified atom stereocenters. The Morgan fingerprint density at radius 1 is 1.31 bits per heavy atom. The Labute approximate surface area is 100 Å². The second-order valence-corrected chi connectivity index (χ2v) is 5.13. The normalized spacial score (nSPS) is 29.8. The lowest BCUT2D eigenvalue weighted by atomic mass is 10.1. The number of nitrogens with zero attached hydrogens (tertiary/aromatic N) is 4. The molecule has 2 atom stereocenters. The largest absolute Gasteiger partial charge is 0.351 e. The van der Waals surface area contributed by atoms with Gasteiger partial charge in [-0.1, -0.05) is 11.6 Å². The third-order valence-electron chi connectivity index (χ3n) is 3.64. The van der Waals surface area contributed by atoms with Crippen molar-refractivity contribution in [2.45, 2.75) is 12.5 Å². The van der Waals surface area contributed by atoms with E-state index in [2.05, 4.69) is 27.0 Å². The maximum atomic E-state index is 5.75. The van der Waals surface area contributed by atoms with Crippen LogP contribution in [0, 0.1) is 5.92 Å². The minimum atomic E-state index is 0.461. The first-order valence-electron chi connectivity index (χ1n) is 5.68. The molecule has 3 heterocycles. The summed E-state index contributed by atoms with van der Waals surface area (Å²) in [5.41, 5.74) is 0. The van der Waals surface area contributed by atoms with E-state index >= 15 is 0 Å². The SMILES string of the molecule is CN1C[C@@H]2CCN(c3ccc(Cl)nn3)[C@@H]2C1. The molecule has 0 aliphatic carbocycles. The fourth-order valence-electron chi connectivity index (χ4n) is 2.92. The summed E-state index contributed by atoms with van der Waals surface area (Å²) in [6.45, 7) is 3.44. The molecule has 0 spiro atoms. The number of hydrogen-bond donors (Lipinski definition) is 0. The van der Waals surface area contributed by atoms with Gasteiger partial charge in [0.15, 0.2) is 11.0 Å². The second kappa shape index (κ2) is 3.86. The minimum absolute atomic E-state index is 0.461. The third-order valence-corrected chi connectivity index (χ3v) is 3.84. The summed E-state index contributed by atoms with van der Waals surface area (Å²) in [6, 6.07) is 4.40. The molecule has 1 aromatic rings. The molecule has 0 radical (unpaired) electrons. The Morgan fingerprint density at radius 2 is 2.19 bits per heavy atom. The average Bonchev–Trinajstić information content (AvgIpc) is 2.78. The first-order valence-corrected chi connectivity index (χ1v) is 6.06. The van der Waals surface area contributed by atoms with Crippen LogP contribution in [-0.4, -0.2) is 47.8 Å². The van der Waals surface area contributed by atoms with Gasteiger partial charge in [0.05, 0.1) is 0 Å². The van der Waals surface area contributed by atoms with Crippen LogP contribution >= 0.6 is 11.6 Å². The number of fused-ring (bicyclic) bond motifs is 1. The van der Waals surface area contributed by atoms with Crippen LogP contribution < -0.4 is 4.90 Å². The van der Waals surface area contributed by atoms with E-state index in [1.54, 1.807) is 0 Å². The fourth-order valence-corrected chi connectivity index (χ4v) is 3.02. The Bertz CT molecular complexity index is 380. The fraction of sp³-hybridized carbons (Fsp3) is 0.636. The predicted octanol–water partition coefficient (Wildman–Crippen LogP) is 1.27. The standard InChI is InChI=1S/C11H15ClN4/c1-15-6-8-4-5-16(9(8)7-15)11-3-2-10(12)13-14-11/h2-3,8-9H,4-7H2,1H3/t8-,9+/m0/s1. The Kier molecular flexibility index (Phi) is 2.48.